The summed E-state index contributed by atoms with van der Waals surface area (Å²) in [7, 11) is 0. The molecule has 0 radical (unpaired) electrons. The minimum atomic E-state index is -1.58. The molecule has 0 aromatic heterocycles. The summed E-state index contributed by atoms with van der Waals surface area (Å²) in [6.07, 6.45) is 44.9. The standard InChI is InChI=1S/C55H99NO10/c1-3-5-7-9-11-13-14-15-16-17-18-19-20-23-27-31-35-39-43-51(60)64-44-40-36-32-28-24-21-22-26-30-34-38-42-50(59)56-47(48(58)41-37-33-29-25-12-10-8-6-4-2)46-65-55-54(63)53(62)52(61)49(45-57)66-55/h13-14,16-17,24,28,37,41,47-49,52-55,57-58,61-63H,3-12,15,18-23,25-27,29-36,38-40,42-46H2,1-2H3,(H,56,59)/b14-13-,17-16-,28-24-,41-37+. The molecule has 384 valence electrons. The first kappa shape index (κ1) is 61.6. The number of hydrogen-bond acceptors (Lipinski definition) is 10. The van der Waals surface area contributed by atoms with Crippen molar-refractivity contribution in [3.63, 3.8) is 0 Å². The number of aliphatic hydroxyl groups is 5. The molecule has 7 unspecified atom stereocenters. The Morgan fingerprint density at radius 2 is 1.02 bits per heavy atom. The van der Waals surface area contributed by atoms with Crippen molar-refractivity contribution in [2.24, 2.45) is 0 Å². The molecule has 0 bridgehead atoms. The molecule has 0 aromatic rings. The van der Waals surface area contributed by atoms with Crippen molar-refractivity contribution in [3.05, 3.63) is 48.6 Å². The number of esters is 1. The number of hydrogen-bond donors (Lipinski definition) is 6. The van der Waals surface area contributed by atoms with E-state index in [4.69, 9.17) is 14.2 Å². The zero-order valence-electron chi connectivity index (χ0n) is 41.9. The third-order valence-corrected chi connectivity index (χ3v) is 12.4. The molecule has 1 heterocycles. The second-order valence-corrected chi connectivity index (χ2v) is 18.6. The van der Waals surface area contributed by atoms with Crippen LogP contribution in [0.1, 0.15) is 226 Å². The van der Waals surface area contributed by atoms with Gasteiger partial charge < -0.3 is 45.1 Å². The lowest BCUT2D eigenvalue weighted by Crippen LogP contribution is -2.60. The first-order chi connectivity index (χ1) is 32.2. The van der Waals surface area contributed by atoms with Crippen LogP contribution in [0.2, 0.25) is 0 Å². The lowest BCUT2D eigenvalue weighted by atomic mass is 9.99. The van der Waals surface area contributed by atoms with Gasteiger partial charge >= 0.3 is 5.97 Å². The number of nitrogens with one attached hydrogen (secondary N) is 1. The van der Waals surface area contributed by atoms with Crippen molar-refractivity contribution in [1.82, 2.24) is 5.32 Å². The van der Waals surface area contributed by atoms with E-state index in [1.54, 1.807) is 6.08 Å². The van der Waals surface area contributed by atoms with E-state index in [0.29, 0.717) is 25.9 Å². The largest absolute Gasteiger partial charge is 0.466 e. The van der Waals surface area contributed by atoms with Crippen LogP contribution in [0.15, 0.2) is 48.6 Å². The molecule has 1 amide bonds. The number of aliphatic hydroxyl groups excluding tert-OH is 5. The van der Waals surface area contributed by atoms with Crippen LogP contribution in [0.4, 0.5) is 0 Å². The molecule has 0 saturated carbocycles. The molecular formula is C55H99NO10. The minimum Gasteiger partial charge on any atom is -0.466 e. The average Bonchev–Trinajstić information content (AvgIpc) is 3.31. The van der Waals surface area contributed by atoms with E-state index in [1.807, 2.05) is 6.08 Å². The number of carbonyl (C=O) groups is 2. The Balaban J connectivity index is 2.13. The van der Waals surface area contributed by atoms with Gasteiger partial charge in [-0.1, -0.05) is 172 Å². The third-order valence-electron chi connectivity index (χ3n) is 12.4. The molecule has 1 aliphatic heterocycles. The number of rotatable bonds is 45. The van der Waals surface area contributed by atoms with Crippen LogP contribution in [-0.2, 0) is 23.8 Å². The van der Waals surface area contributed by atoms with E-state index < -0.39 is 49.5 Å². The van der Waals surface area contributed by atoms with Crippen molar-refractivity contribution in [2.45, 2.75) is 269 Å². The Labute approximate surface area is 402 Å². The lowest BCUT2D eigenvalue weighted by molar-refractivity contribution is -0.302. The zero-order chi connectivity index (χ0) is 48.1. The number of carbonyl (C=O) groups excluding carboxylic acids is 2. The second-order valence-electron chi connectivity index (χ2n) is 18.6. The van der Waals surface area contributed by atoms with Crippen LogP contribution in [0.5, 0.6) is 0 Å². The van der Waals surface area contributed by atoms with E-state index in [1.165, 1.54) is 103 Å². The SMILES string of the molecule is CCCCCC/C=C\C/C=C\CCCCCCCCCC(=O)OCCCC/C=C\CCCCCCCC(=O)NC(COC1OC(CO)C(O)C(O)C1O)C(O)/C=C/CCCCCCCCC. The topological polar surface area (TPSA) is 175 Å². The summed E-state index contributed by atoms with van der Waals surface area (Å²) in [5.74, 6) is -0.281. The van der Waals surface area contributed by atoms with Crippen molar-refractivity contribution in [3.8, 4) is 0 Å². The maximum atomic E-state index is 13.0. The Hall–Kier alpha value is -2.38. The molecule has 1 aliphatic rings. The second kappa shape index (κ2) is 45.1. The summed E-state index contributed by atoms with van der Waals surface area (Å²) in [5, 5.41) is 54.1. The molecule has 6 N–H and O–H groups in total. The number of amides is 1. The van der Waals surface area contributed by atoms with Crippen LogP contribution in [0.25, 0.3) is 0 Å². The van der Waals surface area contributed by atoms with E-state index >= 15 is 0 Å². The van der Waals surface area contributed by atoms with Gasteiger partial charge in [0.05, 0.1) is 32.0 Å². The van der Waals surface area contributed by atoms with Crippen LogP contribution in [0, 0.1) is 0 Å². The van der Waals surface area contributed by atoms with Crippen LogP contribution >= 0.6 is 0 Å². The van der Waals surface area contributed by atoms with Crippen LogP contribution < -0.4 is 5.32 Å². The Morgan fingerprint density at radius 1 is 0.561 bits per heavy atom. The molecule has 0 aromatic carbocycles. The summed E-state index contributed by atoms with van der Waals surface area (Å²) < 4.78 is 16.6. The maximum absolute atomic E-state index is 13.0. The van der Waals surface area contributed by atoms with Gasteiger partial charge in [0.2, 0.25) is 5.91 Å². The molecule has 0 aliphatic carbocycles. The fourth-order valence-electron chi connectivity index (χ4n) is 8.04. The summed E-state index contributed by atoms with van der Waals surface area (Å²) in [4.78, 5) is 25.1. The molecular weight excluding hydrogens is 835 g/mol. The number of unbranched alkanes of at least 4 members (excludes halogenated alkanes) is 25. The number of allylic oxidation sites excluding steroid dienone is 7. The van der Waals surface area contributed by atoms with Gasteiger partial charge in [-0.3, -0.25) is 9.59 Å². The van der Waals surface area contributed by atoms with E-state index in [9.17, 15) is 35.1 Å². The highest BCUT2D eigenvalue weighted by Gasteiger charge is 2.44. The average molecular weight is 934 g/mol. The highest BCUT2D eigenvalue weighted by molar-refractivity contribution is 5.76. The predicted molar refractivity (Wildman–Crippen MR) is 269 cm³/mol. The summed E-state index contributed by atoms with van der Waals surface area (Å²) >= 11 is 0. The van der Waals surface area contributed by atoms with Crippen LogP contribution in [0.3, 0.4) is 0 Å². The highest BCUT2D eigenvalue weighted by atomic mass is 16.7. The van der Waals surface area contributed by atoms with E-state index in [-0.39, 0.29) is 18.5 Å². The van der Waals surface area contributed by atoms with Gasteiger partial charge in [0.25, 0.3) is 0 Å². The van der Waals surface area contributed by atoms with Gasteiger partial charge in [0.15, 0.2) is 6.29 Å². The Morgan fingerprint density at radius 3 is 1.56 bits per heavy atom. The van der Waals surface area contributed by atoms with Crippen molar-refractivity contribution < 1.29 is 49.3 Å². The summed E-state index contributed by atoms with van der Waals surface area (Å²) in [6.45, 7) is 4.17. The minimum absolute atomic E-state index is 0.0657. The normalized spacial score (nSPS) is 20.0. The molecule has 66 heavy (non-hydrogen) atoms. The molecule has 1 saturated heterocycles. The number of ether oxygens (including phenoxy) is 3. The summed E-state index contributed by atoms with van der Waals surface area (Å²) in [6, 6.07) is -0.831. The van der Waals surface area contributed by atoms with E-state index in [2.05, 4.69) is 55.6 Å². The Bertz CT molecular complexity index is 1240. The lowest BCUT2D eigenvalue weighted by Gasteiger charge is -2.40. The molecule has 11 nitrogen and oxygen atoms in total. The molecule has 0 spiro atoms. The Kier molecular flexibility index (Phi) is 42.1. The quantitative estimate of drug-likeness (QED) is 0.0196. The maximum Gasteiger partial charge on any atom is 0.305 e. The van der Waals surface area contributed by atoms with Crippen LogP contribution in [-0.4, -0.2) is 100 Å². The van der Waals surface area contributed by atoms with Crippen molar-refractivity contribution in [2.75, 3.05) is 19.8 Å². The highest BCUT2D eigenvalue weighted by Crippen LogP contribution is 2.23. The predicted octanol–water partition coefficient (Wildman–Crippen LogP) is 11.3. The van der Waals surface area contributed by atoms with Gasteiger partial charge in [0, 0.05) is 12.8 Å². The van der Waals surface area contributed by atoms with Gasteiger partial charge in [-0.05, 0) is 89.9 Å². The molecule has 11 heteroatoms. The van der Waals surface area contributed by atoms with Gasteiger partial charge in [-0.15, -0.1) is 0 Å². The van der Waals surface area contributed by atoms with Gasteiger partial charge in [-0.25, -0.2) is 0 Å². The van der Waals surface area contributed by atoms with Gasteiger partial charge in [0.1, 0.15) is 24.4 Å². The zero-order valence-corrected chi connectivity index (χ0v) is 41.9. The van der Waals surface area contributed by atoms with Crippen molar-refractivity contribution >= 4 is 11.9 Å². The first-order valence-corrected chi connectivity index (χ1v) is 26.9. The fourth-order valence-corrected chi connectivity index (χ4v) is 8.04. The third kappa shape index (κ3) is 34.8. The molecule has 1 fully saturated rings. The molecule has 1 rings (SSSR count). The smallest absolute Gasteiger partial charge is 0.305 e. The van der Waals surface area contributed by atoms with E-state index in [0.717, 1.165) is 89.9 Å². The monoisotopic (exact) mass is 934 g/mol. The summed E-state index contributed by atoms with van der Waals surface area (Å²) in [5.41, 5.74) is 0. The molecule has 7 atom stereocenters. The first-order valence-electron chi connectivity index (χ1n) is 26.9. The fraction of sp³-hybridized carbons (Fsp3) is 0.818. The van der Waals surface area contributed by atoms with Gasteiger partial charge in [-0.2, -0.15) is 0 Å². The van der Waals surface area contributed by atoms with Crippen molar-refractivity contribution in [1.29, 1.82) is 0 Å².